The van der Waals surface area contributed by atoms with E-state index in [0.717, 1.165) is 25.2 Å². The Labute approximate surface area is 109 Å². The molecular weight excluding hydrogens is 228 g/mol. The Morgan fingerprint density at radius 1 is 1.28 bits per heavy atom. The number of hydrogen-bond donors (Lipinski definition) is 3. The second-order valence-electron chi connectivity index (χ2n) is 4.31. The number of likely N-dealkylation sites (N-methyl/N-ethyl adjacent to an activating group) is 1. The van der Waals surface area contributed by atoms with Gasteiger partial charge in [-0.15, -0.1) is 0 Å². The largest absolute Gasteiger partial charge is 0.396 e. The molecule has 102 valence electrons. The molecule has 0 aromatic heterocycles. The van der Waals surface area contributed by atoms with E-state index in [0.29, 0.717) is 13.1 Å². The van der Waals surface area contributed by atoms with Crippen LogP contribution in [0.2, 0.25) is 0 Å². The molecule has 0 aliphatic heterocycles. The van der Waals surface area contributed by atoms with Crippen molar-refractivity contribution >= 4 is 5.69 Å². The number of aliphatic hydroxyl groups excluding tert-OH is 2. The van der Waals surface area contributed by atoms with Crippen LogP contribution >= 0.6 is 0 Å². The Kier molecular flexibility index (Phi) is 7.41. The fourth-order valence-electron chi connectivity index (χ4n) is 1.85. The molecule has 1 unspecified atom stereocenters. The maximum atomic E-state index is 9.94. The summed E-state index contributed by atoms with van der Waals surface area (Å²) in [4.78, 5) is 2.15. The molecule has 0 amide bonds. The molecule has 0 bridgehead atoms. The fraction of sp³-hybridized carbons (Fsp3) is 0.571. The molecule has 4 nitrogen and oxygen atoms in total. The third kappa shape index (κ3) is 5.49. The van der Waals surface area contributed by atoms with Crippen LogP contribution in [-0.2, 0) is 0 Å². The summed E-state index contributed by atoms with van der Waals surface area (Å²) < 4.78 is 0. The van der Waals surface area contributed by atoms with E-state index in [4.69, 9.17) is 5.11 Å². The minimum atomic E-state index is -0.399. The maximum Gasteiger partial charge on any atom is 0.0839 e. The van der Waals surface area contributed by atoms with Gasteiger partial charge in [-0.05, 0) is 32.0 Å². The van der Waals surface area contributed by atoms with Crippen molar-refractivity contribution in [3.63, 3.8) is 0 Å². The second kappa shape index (κ2) is 8.91. The Morgan fingerprint density at radius 3 is 2.61 bits per heavy atom. The van der Waals surface area contributed by atoms with Gasteiger partial charge in [0, 0.05) is 31.9 Å². The van der Waals surface area contributed by atoms with Gasteiger partial charge in [0.15, 0.2) is 0 Å². The highest BCUT2D eigenvalue weighted by Crippen LogP contribution is 2.12. The van der Waals surface area contributed by atoms with E-state index in [2.05, 4.69) is 29.3 Å². The van der Waals surface area contributed by atoms with Crippen LogP contribution in [0.3, 0.4) is 0 Å². The molecule has 0 saturated heterocycles. The summed E-state index contributed by atoms with van der Waals surface area (Å²) in [5, 5.41) is 21.7. The van der Waals surface area contributed by atoms with Crippen molar-refractivity contribution in [2.24, 2.45) is 0 Å². The molecule has 4 heteroatoms. The van der Waals surface area contributed by atoms with Gasteiger partial charge in [-0.25, -0.2) is 0 Å². The molecule has 0 saturated carbocycles. The van der Waals surface area contributed by atoms with Crippen molar-refractivity contribution < 1.29 is 10.2 Å². The van der Waals surface area contributed by atoms with Gasteiger partial charge in [-0.1, -0.05) is 18.2 Å². The van der Waals surface area contributed by atoms with E-state index >= 15 is 0 Å². The summed E-state index contributed by atoms with van der Waals surface area (Å²) in [5.74, 6) is 0. The van der Waals surface area contributed by atoms with Crippen molar-refractivity contribution in [3.05, 3.63) is 30.3 Å². The molecule has 1 atom stereocenters. The lowest BCUT2D eigenvalue weighted by Crippen LogP contribution is -2.38. The number of rotatable bonds is 9. The summed E-state index contributed by atoms with van der Waals surface area (Å²) in [7, 11) is 0. The molecule has 1 rings (SSSR count). The zero-order valence-electron chi connectivity index (χ0n) is 11.0. The molecule has 1 aromatic carbocycles. The molecule has 0 heterocycles. The molecule has 0 aliphatic rings. The van der Waals surface area contributed by atoms with Crippen molar-refractivity contribution in [2.75, 3.05) is 37.7 Å². The normalized spacial score (nSPS) is 12.4. The lowest BCUT2D eigenvalue weighted by molar-refractivity contribution is 0.175. The Hall–Kier alpha value is -1.10. The first-order valence-electron chi connectivity index (χ1n) is 6.57. The van der Waals surface area contributed by atoms with Crippen LogP contribution in [0.1, 0.15) is 13.3 Å². The van der Waals surface area contributed by atoms with E-state index in [1.165, 1.54) is 0 Å². The Balaban J connectivity index is 2.34. The molecule has 0 fully saturated rings. The van der Waals surface area contributed by atoms with E-state index < -0.39 is 6.10 Å². The van der Waals surface area contributed by atoms with Gasteiger partial charge < -0.3 is 20.4 Å². The van der Waals surface area contributed by atoms with Crippen LogP contribution in [0.25, 0.3) is 0 Å². The number of anilines is 1. The Bertz CT molecular complexity index is 306. The predicted molar refractivity (Wildman–Crippen MR) is 74.9 cm³/mol. The van der Waals surface area contributed by atoms with Crippen molar-refractivity contribution in [1.82, 2.24) is 5.32 Å². The van der Waals surface area contributed by atoms with Crippen molar-refractivity contribution in [3.8, 4) is 0 Å². The number of benzene rings is 1. The number of para-hydroxylation sites is 1. The van der Waals surface area contributed by atoms with E-state index in [9.17, 15) is 5.11 Å². The van der Waals surface area contributed by atoms with Gasteiger partial charge in [-0.2, -0.15) is 0 Å². The smallest absolute Gasteiger partial charge is 0.0839 e. The molecule has 3 N–H and O–H groups in total. The SMILES string of the molecule is CCN(CC(O)CNCCCO)c1ccccc1. The molecular formula is C14H24N2O2. The molecule has 0 spiro atoms. The molecule has 1 aromatic rings. The predicted octanol–water partition coefficient (Wildman–Crippen LogP) is 0.846. The topological polar surface area (TPSA) is 55.7 Å². The zero-order chi connectivity index (χ0) is 13.2. The summed E-state index contributed by atoms with van der Waals surface area (Å²) in [6.07, 6.45) is 0.326. The first-order valence-corrected chi connectivity index (χ1v) is 6.57. The standard InChI is InChI=1S/C14H24N2O2/c1-2-16(13-7-4-3-5-8-13)12-14(18)11-15-9-6-10-17/h3-5,7-8,14-15,17-18H,2,6,9-12H2,1H3. The second-order valence-corrected chi connectivity index (χ2v) is 4.31. The third-order valence-electron chi connectivity index (χ3n) is 2.83. The van der Waals surface area contributed by atoms with Gasteiger partial charge in [0.25, 0.3) is 0 Å². The lowest BCUT2D eigenvalue weighted by atomic mass is 10.2. The number of aliphatic hydroxyl groups is 2. The van der Waals surface area contributed by atoms with Crippen LogP contribution < -0.4 is 10.2 Å². The monoisotopic (exact) mass is 252 g/mol. The Morgan fingerprint density at radius 2 is 2.00 bits per heavy atom. The van der Waals surface area contributed by atoms with Crippen LogP contribution in [0.4, 0.5) is 5.69 Å². The number of nitrogens with zero attached hydrogens (tertiary/aromatic N) is 1. The van der Waals surface area contributed by atoms with Gasteiger partial charge in [0.05, 0.1) is 6.10 Å². The van der Waals surface area contributed by atoms with Gasteiger partial charge in [0.1, 0.15) is 0 Å². The highest BCUT2D eigenvalue weighted by molar-refractivity contribution is 5.45. The zero-order valence-corrected chi connectivity index (χ0v) is 11.0. The average molecular weight is 252 g/mol. The summed E-state index contributed by atoms with van der Waals surface area (Å²) in [5.41, 5.74) is 1.13. The van der Waals surface area contributed by atoms with Crippen LogP contribution in [0.5, 0.6) is 0 Å². The minimum Gasteiger partial charge on any atom is -0.396 e. The molecule has 0 radical (unpaired) electrons. The summed E-state index contributed by atoms with van der Waals surface area (Å²) >= 11 is 0. The molecule has 18 heavy (non-hydrogen) atoms. The van der Waals surface area contributed by atoms with Crippen LogP contribution in [-0.4, -0.2) is 49.1 Å². The van der Waals surface area contributed by atoms with E-state index in [1.807, 2.05) is 18.2 Å². The van der Waals surface area contributed by atoms with Gasteiger partial charge in [0.2, 0.25) is 0 Å². The quantitative estimate of drug-likeness (QED) is 0.570. The first kappa shape index (κ1) is 15.0. The van der Waals surface area contributed by atoms with Crippen molar-refractivity contribution in [2.45, 2.75) is 19.4 Å². The summed E-state index contributed by atoms with van der Waals surface area (Å²) in [6.45, 7) is 5.06. The highest BCUT2D eigenvalue weighted by atomic mass is 16.3. The van der Waals surface area contributed by atoms with Crippen molar-refractivity contribution in [1.29, 1.82) is 0 Å². The fourth-order valence-corrected chi connectivity index (χ4v) is 1.85. The number of hydrogen-bond acceptors (Lipinski definition) is 4. The first-order chi connectivity index (χ1) is 8.77. The highest BCUT2D eigenvalue weighted by Gasteiger charge is 2.10. The average Bonchev–Trinajstić information content (AvgIpc) is 2.42. The van der Waals surface area contributed by atoms with Gasteiger partial charge >= 0.3 is 0 Å². The lowest BCUT2D eigenvalue weighted by Gasteiger charge is -2.26. The minimum absolute atomic E-state index is 0.189. The van der Waals surface area contributed by atoms with Crippen LogP contribution in [0, 0.1) is 0 Å². The summed E-state index contributed by atoms with van der Waals surface area (Å²) in [6, 6.07) is 10.1. The molecule has 0 aliphatic carbocycles. The van der Waals surface area contributed by atoms with Crippen LogP contribution in [0.15, 0.2) is 30.3 Å². The number of nitrogens with one attached hydrogen (secondary N) is 1. The third-order valence-corrected chi connectivity index (χ3v) is 2.83. The maximum absolute atomic E-state index is 9.94. The van der Waals surface area contributed by atoms with E-state index in [-0.39, 0.29) is 6.61 Å². The van der Waals surface area contributed by atoms with E-state index in [1.54, 1.807) is 0 Å². The van der Waals surface area contributed by atoms with Gasteiger partial charge in [-0.3, -0.25) is 0 Å².